The molecule has 0 aliphatic heterocycles. The van der Waals surface area contributed by atoms with Gasteiger partial charge in [-0.15, -0.1) is 0 Å². The molecule has 0 amide bonds. The minimum atomic E-state index is -0.836. The number of carboxylic acid groups (broad SMARTS) is 1. The van der Waals surface area contributed by atoms with E-state index >= 15 is 0 Å². The minimum Gasteiger partial charge on any atom is -0.480 e. The summed E-state index contributed by atoms with van der Waals surface area (Å²) >= 11 is 3.40. The van der Waals surface area contributed by atoms with E-state index in [2.05, 4.69) is 21.2 Å². The highest BCUT2D eigenvalue weighted by atomic mass is 79.9. The van der Waals surface area contributed by atoms with Crippen LogP contribution in [0, 0.1) is 0 Å². The molecule has 0 saturated carbocycles. The number of hydrogen-bond acceptors (Lipinski definition) is 2. The van der Waals surface area contributed by atoms with E-state index in [1.165, 1.54) is 0 Å². The molecule has 0 radical (unpaired) electrons. The van der Waals surface area contributed by atoms with Gasteiger partial charge in [0.25, 0.3) is 0 Å². The molecule has 0 heterocycles. The second-order valence-corrected chi connectivity index (χ2v) is 3.89. The topological polar surface area (TPSA) is 49.3 Å². The van der Waals surface area contributed by atoms with E-state index in [9.17, 15) is 4.79 Å². The molecule has 0 spiro atoms. The van der Waals surface area contributed by atoms with Crippen molar-refractivity contribution in [3.8, 4) is 0 Å². The Labute approximate surface area is 91.3 Å². The van der Waals surface area contributed by atoms with Gasteiger partial charge in [0.2, 0.25) is 0 Å². The Bertz CT molecular complexity index is 328. The highest BCUT2D eigenvalue weighted by molar-refractivity contribution is 9.10. The zero-order valence-electron chi connectivity index (χ0n) is 7.83. The first-order valence-corrected chi connectivity index (χ1v) is 5.10. The van der Waals surface area contributed by atoms with Gasteiger partial charge in [-0.1, -0.05) is 34.1 Å². The van der Waals surface area contributed by atoms with Crippen molar-refractivity contribution in [2.45, 2.75) is 19.5 Å². The van der Waals surface area contributed by atoms with Crippen molar-refractivity contribution in [2.24, 2.45) is 0 Å². The molecule has 0 bridgehead atoms. The molecule has 0 aromatic heterocycles. The lowest BCUT2D eigenvalue weighted by molar-refractivity contribution is -0.139. The van der Waals surface area contributed by atoms with E-state index < -0.39 is 12.0 Å². The molecule has 1 rings (SSSR count). The van der Waals surface area contributed by atoms with Gasteiger partial charge < -0.3 is 10.4 Å². The van der Waals surface area contributed by atoms with Gasteiger partial charge in [0.1, 0.15) is 6.04 Å². The van der Waals surface area contributed by atoms with E-state index in [-0.39, 0.29) is 0 Å². The largest absolute Gasteiger partial charge is 0.480 e. The van der Waals surface area contributed by atoms with Crippen LogP contribution in [0.25, 0.3) is 0 Å². The van der Waals surface area contributed by atoms with E-state index in [0.29, 0.717) is 6.54 Å². The summed E-state index contributed by atoms with van der Waals surface area (Å²) in [5, 5.41) is 11.6. The van der Waals surface area contributed by atoms with Crippen molar-refractivity contribution in [1.82, 2.24) is 5.32 Å². The number of carboxylic acids is 1. The fourth-order valence-corrected chi connectivity index (χ4v) is 1.42. The van der Waals surface area contributed by atoms with Crippen LogP contribution in [-0.2, 0) is 11.3 Å². The predicted octanol–water partition coefficient (Wildman–Crippen LogP) is 2.01. The number of benzene rings is 1. The van der Waals surface area contributed by atoms with Crippen molar-refractivity contribution in [3.63, 3.8) is 0 Å². The molecule has 76 valence electrons. The molecule has 14 heavy (non-hydrogen) atoms. The minimum absolute atomic E-state index is 0.526. The Morgan fingerprint density at radius 2 is 2.21 bits per heavy atom. The second kappa shape index (κ2) is 5.12. The van der Waals surface area contributed by atoms with Crippen molar-refractivity contribution in [1.29, 1.82) is 0 Å². The van der Waals surface area contributed by atoms with Crippen LogP contribution < -0.4 is 5.32 Å². The molecule has 0 aliphatic rings. The molecule has 4 heteroatoms. The lowest BCUT2D eigenvalue weighted by Crippen LogP contribution is -2.33. The standard InChI is InChI=1S/C10H12BrNO2/c1-7(10(13)14)12-6-8-4-2-3-5-9(8)11/h2-5,7,12H,6H2,1H3,(H,13,14)/t7-/m0/s1. The van der Waals surface area contributed by atoms with Crippen molar-refractivity contribution >= 4 is 21.9 Å². The molecule has 1 aromatic carbocycles. The molecule has 0 fully saturated rings. The normalized spacial score (nSPS) is 12.4. The summed E-state index contributed by atoms with van der Waals surface area (Å²) in [4.78, 5) is 10.5. The average Bonchev–Trinajstić information content (AvgIpc) is 2.16. The first-order valence-electron chi connectivity index (χ1n) is 4.31. The van der Waals surface area contributed by atoms with Crippen LogP contribution in [0.3, 0.4) is 0 Å². The summed E-state index contributed by atoms with van der Waals surface area (Å²) < 4.78 is 0.991. The third kappa shape index (κ3) is 3.12. The third-order valence-corrected chi connectivity index (χ3v) is 2.70. The van der Waals surface area contributed by atoms with Crippen LogP contribution in [0.4, 0.5) is 0 Å². The molecule has 1 atom stereocenters. The maximum absolute atomic E-state index is 10.5. The summed E-state index contributed by atoms with van der Waals surface area (Å²) in [5.74, 6) is -0.836. The van der Waals surface area contributed by atoms with Gasteiger partial charge in [-0.25, -0.2) is 0 Å². The number of aliphatic carboxylic acids is 1. The number of hydrogen-bond donors (Lipinski definition) is 2. The maximum Gasteiger partial charge on any atom is 0.320 e. The fraction of sp³-hybridized carbons (Fsp3) is 0.300. The van der Waals surface area contributed by atoms with Crippen LogP contribution in [0.2, 0.25) is 0 Å². The number of halogens is 1. The predicted molar refractivity (Wildman–Crippen MR) is 58.1 cm³/mol. The van der Waals surface area contributed by atoms with Crippen molar-refractivity contribution in [2.75, 3.05) is 0 Å². The summed E-state index contributed by atoms with van der Waals surface area (Å²) in [7, 11) is 0. The smallest absolute Gasteiger partial charge is 0.320 e. The molecule has 0 unspecified atom stereocenters. The summed E-state index contributed by atoms with van der Waals surface area (Å²) in [6.07, 6.45) is 0. The summed E-state index contributed by atoms with van der Waals surface area (Å²) in [6, 6.07) is 7.21. The maximum atomic E-state index is 10.5. The van der Waals surface area contributed by atoms with Gasteiger partial charge in [-0.3, -0.25) is 4.79 Å². The quantitative estimate of drug-likeness (QED) is 0.868. The Kier molecular flexibility index (Phi) is 4.10. The van der Waals surface area contributed by atoms with Crippen LogP contribution in [0.15, 0.2) is 28.7 Å². The van der Waals surface area contributed by atoms with E-state index in [4.69, 9.17) is 5.11 Å². The summed E-state index contributed by atoms with van der Waals surface area (Å²) in [5.41, 5.74) is 1.06. The van der Waals surface area contributed by atoms with E-state index in [1.54, 1.807) is 6.92 Å². The van der Waals surface area contributed by atoms with Gasteiger partial charge in [-0.05, 0) is 18.6 Å². The number of carbonyl (C=O) groups is 1. The molecular weight excluding hydrogens is 246 g/mol. The Balaban J connectivity index is 2.54. The van der Waals surface area contributed by atoms with Gasteiger partial charge in [0.05, 0.1) is 0 Å². The third-order valence-electron chi connectivity index (χ3n) is 1.93. The Morgan fingerprint density at radius 1 is 1.57 bits per heavy atom. The van der Waals surface area contributed by atoms with Crippen LogP contribution in [-0.4, -0.2) is 17.1 Å². The highest BCUT2D eigenvalue weighted by Gasteiger charge is 2.09. The van der Waals surface area contributed by atoms with Gasteiger partial charge in [-0.2, -0.15) is 0 Å². The highest BCUT2D eigenvalue weighted by Crippen LogP contribution is 2.15. The second-order valence-electron chi connectivity index (χ2n) is 3.03. The molecule has 2 N–H and O–H groups in total. The van der Waals surface area contributed by atoms with Crippen molar-refractivity contribution in [3.05, 3.63) is 34.3 Å². The zero-order valence-corrected chi connectivity index (χ0v) is 9.41. The average molecular weight is 258 g/mol. The molecular formula is C10H12BrNO2. The Morgan fingerprint density at radius 3 is 2.79 bits per heavy atom. The van der Waals surface area contributed by atoms with Crippen molar-refractivity contribution < 1.29 is 9.90 Å². The number of nitrogens with one attached hydrogen (secondary N) is 1. The first-order chi connectivity index (χ1) is 6.61. The fourth-order valence-electron chi connectivity index (χ4n) is 0.992. The molecule has 0 aliphatic carbocycles. The molecule has 0 saturated heterocycles. The molecule has 3 nitrogen and oxygen atoms in total. The lowest BCUT2D eigenvalue weighted by atomic mass is 10.2. The van der Waals surface area contributed by atoms with Crippen LogP contribution >= 0.6 is 15.9 Å². The summed E-state index contributed by atoms with van der Waals surface area (Å²) in [6.45, 7) is 2.17. The zero-order chi connectivity index (χ0) is 10.6. The monoisotopic (exact) mass is 257 g/mol. The van der Waals surface area contributed by atoms with Gasteiger partial charge in [0.15, 0.2) is 0 Å². The number of rotatable bonds is 4. The first kappa shape index (κ1) is 11.2. The van der Waals surface area contributed by atoms with E-state index in [1.807, 2.05) is 24.3 Å². The van der Waals surface area contributed by atoms with E-state index in [0.717, 1.165) is 10.0 Å². The Hall–Kier alpha value is -0.870. The van der Waals surface area contributed by atoms with Gasteiger partial charge in [0, 0.05) is 11.0 Å². The SMILES string of the molecule is C[C@H](NCc1ccccc1Br)C(=O)O. The lowest BCUT2D eigenvalue weighted by Gasteiger charge is -2.09. The van der Waals surface area contributed by atoms with Gasteiger partial charge >= 0.3 is 5.97 Å². The molecule has 1 aromatic rings. The van der Waals surface area contributed by atoms with Crippen LogP contribution in [0.5, 0.6) is 0 Å². The van der Waals surface area contributed by atoms with Crippen LogP contribution in [0.1, 0.15) is 12.5 Å².